The zero-order valence-corrected chi connectivity index (χ0v) is 8.21. The predicted molar refractivity (Wildman–Crippen MR) is 50.3 cm³/mol. The van der Waals surface area contributed by atoms with Gasteiger partial charge in [-0.3, -0.25) is 9.59 Å². The van der Waals surface area contributed by atoms with Crippen LogP contribution >= 0.6 is 0 Å². The second kappa shape index (κ2) is 7.53. The highest BCUT2D eigenvalue weighted by molar-refractivity contribution is 5.87. The summed E-state index contributed by atoms with van der Waals surface area (Å²) in [7, 11) is 0. The number of carbonyl (C=O) groups is 2. The molecule has 0 atom stereocenters. The molecule has 3 heteroatoms. The van der Waals surface area contributed by atoms with Crippen LogP contribution in [0.15, 0.2) is 12.2 Å². The second-order valence-corrected chi connectivity index (χ2v) is 2.85. The Balaban J connectivity index is 3.17. The maximum Gasteiger partial charge on any atom is 0.302 e. The van der Waals surface area contributed by atoms with Crippen molar-refractivity contribution >= 4 is 11.8 Å². The Labute approximate surface area is 78.8 Å². The van der Waals surface area contributed by atoms with E-state index >= 15 is 0 Å². The summed E-state index contributed by atoms with van der Waals surface area (Å²) >= 11 is 0. The zero-order valence-electron chi connectivity index (χ0n) is 8.21. The summed E-state index contributed by atoms with van der Waals surface area (Å²) in [4.78, 5) is 20.8. The van der Waals surface area contributed by atoms with Gasteiger partial charge in [0.2, 0.25) is 0 Å². The largest absolute Gasteiger partial charge is 0.466 e. The van der Waals surface area contributed by atoms with Crippen molar-refractivity contribution in [1.82, 2.24) is 0 Å². The second-order valence-electron chi connectivity index (χ2n) is 2.85. The topological polar surface area (TPSA) is 43.4 Å². The van der Waals surface area contributed by atoms with Crippen LogP contribution in [0, 0.1) is 0 Å². The fraction of sp³-hybridized carbons (Fsp3) is 0.600. The lowest BCUT2D eigenvalue weighted by Crippen LogP contribution is -1.99. The van der Waals surface area contributed by atoms with Crippen molar-refractivity contribution < 1.29 is 14.3 Å². The van der Waals surface area contributed by atoms with E-state index < -0.39 is 0 Å². The van der Waals surface area contributed by atoms with Gasteiger partial charge in [0.1, 0.15) is 0 Å². The quantitative estimate of drug-likeness (QED) is 0.359. The van der Waals surface area contributed by atoms with Crippen molar-refractivity contribution in [2.45, 2.75) is 33.1 Å². The fourth-order valence-corrected chi connectivity index (χ4v) is 0.829. The monoisotopic (exact) mass is 184 g/mol. The van der Waals surface area contributed by atoms with E-state index in [2.05, 4.69) is 0 Å². The molecule has 0 aromatic rings. The van der Waals surface area contributed by atoms with E-state index in [4.69, 9.17) is 4.74 Å². The third-order valence-electron chi connectivity index (χ3n) is 1.42. The van der Waals surface area contributed by atoms with Gasteiger partial charge in [0.25, 0.3) is 0 Å². The summed E-state index contributed by atoms with van der Waals surface area (Å²) < 4.78 is 4.74. The van der Waals surface area contributed by atoms with Crippen LogP contribution in [0.3, 0.4) is 0 Å². The Hall–Kier alpha value is -1.12. The van der Waals surface area contributed by atoms with Gasteiger partial charge in [0.05, 0.1) is 6.61 Å². The van der Waals surface area contributed by atoms with Crippen molar-refractivity contribution in [2.24, 2.45) is 0 Å². The first-order valence-electron chi connectivity index (χ1n) is 4.43. The minimum absolute atomic E-state index is 0.0694. The van der Waals surface area contributed by atoms with Crippen LogP contribution in [0.1, 0.15) is 33.1 Å². The zero-order chi connectivity index (χ0) is 10.1. The van der Waals surface area contributed by atoms with E-state index in [-0.39, 0.29) is 11.8 Å². The van der Waals surface area contributed by atoms with E-state index in [1.807, 2.05) is 6.08 Å². The Bertz CT molecular complexity index is 194. The first-order chi connectivity index (χ1) is 6.13. The summed E-state index contributed by atoms with van der Waals surface area (Å²) in [5.74, 6) is -0.167. The Morgan fingerprint density at radius 1 is 1.23 bits per heavy atom. The van der Waals surface area contributed by atoms with Gasteiger partial charge in [0, 0.05) is 6.92 Å². The van der Waals surface area contributed by atoms with Crippen molar-refractivity contribution in [2.75, 3.05) is 6.61 Å². The number of allylic oxidation sites excluding steroid dienone is 2. The SMILES string of the molecule is CC(=O)/C=C\CCCCOC(C)=O. The Morgan fingerprint density at radius 2 is 1.92 bits per heavy atom. The molecule has 0 rings (SSSR count). The lowest BCUT2D eigenvalue weighted by atomic mass is 10.2. The molecule has 0 radical (unpaired) electrons. The molecular formula is C10H16O3. The van der Waals surface area contributed by atoms with Crippen LogP contribution in [0.4, 0.5) is 0 Å². The summed E-state index contributed by atoms with van der Waals surface area (Å²) in [6.45, 7) is 3.40. The van der Waals surface area contributed by atoms with Crippen LogP contribution in [0.25, 0.3) is 0 Å². The van der Waals surface area contributed by atoms with Crippen LogP contribution in [-0.4, -0.2) is 18.4 Å². The van der Waals surface area contributed by atoms with Crippen molar-refractivity contribution in [3.8, 4) is 0 Å². The molecule has 0 aliphatic heterocycles. The number of carbonyl (C=O) groups excluding carboxylic acids is 2. The smallest absolute Gasteiger partial charge is 0.302 e. The molecule has 0 heterocycles. The van der Waals surface area contributed by atoms with Gasteiger partial charge in [-0.15, -0.1) is 0 Å². The highest BCUT2D eigenvalue weighted by Crippen LogP contribution is 1.97. The van der Waals surface area contributed by atoms with Gasteiger partial charge in [-0.1, -0.05) is 6.08 Å². The molecule has 13 heavy (non-hydrogen) atoms. The van der Waals surface area contributed by atoms with E-state index in [0.717, 1.165) is 19.3 Å². The number of ketones is 1. The minimum Gasteiger partial charge on any atom is -0.466 e. The van der Waals surface area contributed by atoms with Gasteiger partial charge in [-0.25, -0.2) is 0 Å². The van der Waals surface area contributed by atoms with Crippen molar-refractivity contribution in [1.29, 1.82) is 0 Å². The van der Waals surface area contributed by atoms with Gasteiger partial charge < -0.3 is 4.74 Å². The average Bonchev–Trinajstić information content (AvgIpc) is 2.01. The van der Waals surface area contributed by atoms with Crippen LogP contribution < -0.4 is 0 Å². The molecule has 0 aliphatic carbocycles. The van der Waals surface area contributed by atoms with Gasteiger partial charge >= 0.3 is 5.97 Å². The number of hydrogen-bond donors (Lipinski definition) is 0. The summed E-state index contributed by atoms with van der Waals surface area (Å²) in [6.07, 6.45) is 6.06. The van der Waals surface area contributed by atoms with Crippen molar-refractivity contribution in [3.63, 3.8) is 0 Å². The first-order valence-corrected chi connectivity index (χ1v) is 4.43. The molecule has 0 aliphatic rings. The maximum atomic E-state index is 10.5. The molecule has 0 aromatic heterocycles. The maximum absolute atomic E-state index is 10.5. The molecule has 0 aromatic carbocycles. The molecule has 0 saturated carbocycles. The number of rotatable bonds is 6. The molecule has 0 N–H and O–H groups in total. The predicted octanol–water partition coefficient (Wildman–Crippen LogP) is 1.86. The number of hydrogen-bond acceptors (Lipinski definition) is 3. The van der Waals surface area contributed by atoms with Crippen LogP contribution in [0.5, 0.6) is 0 Å². The minimum atomic E-state index is -0.237. The highest BCUT2D eigenvalue weighted by Gasteiger charge is 1.91. The summed E-state index contributed by atoms with van der Waals surface area (Å²) in [6, 6.07) is 0. The molecule has 0 saturated heterocycles. The fourth-order valence-electron chi connectivity index (χ4n) is 0.829. The third-order valence-corrected chi connectivity index (χ3v) is 1.42. The molecule has 0 bridgehead atoms. The third kappa shape index (κ3) is 10.9. The van der Waals surface area contributed by atoms with E-state index in [1.165, 1.54) is 13.8 Å². The molecule has 0 fully saturated rings. The van der Waals surface area contributed by atoms with Gasteiger partial charge in [-0.2, -0.15) is 0 Å². The van der Waals surface area contributed by atoms with Crippen LogP contribution in [0.2, 0.25) is 0 Å². The number of ether oxygens (including phenoxy) is 1. The summed E-state index contributed by atoms with van der Waals surface area (Å²) in [5, 5.41) is 0. The highest BCUT2D eigenvalue weighted by atomic mass is 16.5. The normalized spacial score (nSPS) is 10.3. The summed E-state index contributed by atoms with van der Waals surface area (Å²) in [5.41, 5.74) is 0. The lowest BCUT2D eigenvalue weighted by Gasteiger charge is -1.98. The number of unbranched alkanes of at least 4 members (excludes halogenated alkanes) is 2. The van der Waals surface area contributed by atoms with E-state index in [0.29, 0.717) is 6.61 Å². The lowest BCUT2D eigenvalue weighted by molar-refractivity contribution is -0.141. The van der Waals surface area contributed by atoms with Gasteiger partial charge in [-0.05, 0) is 32.3 Å². The van der Waals surface area contributed by atoms with Crippen molar-refractivity contribution in [3.05, 3.63) is 12.2 Å². The van der Waals surface area contributed by atoms with Gasteiger partial charge in [0.15, 0.2) is 5.78 Å². The molecule has 3 nitrogen and oxygen atoms in total. The molecule has 0 unspecified atom stereocenters. The molecule has 74 valence electrons. The standard InChI is InChI=1S/C10H16O3/c1-9(11)7-5-3-4-6-8-13-10(2)12/h5,7H,3-4,6,8H2,1-2H3/b7-5-. The Kier molecular flexibility index (Phi) is 6.88. The van der Waals surface area contributed by atoms with E-state index in [9.17, 15) is 9.59 Å². The van der Waals surface area contributed by atoms with E-state index in [1.54, 1.807) is 6.08 Å². The molecular weight excluding hydrogens is 168 g/mol. The first kappa shape index (κ1) is 11.9. The molecule has 0 spiro atoms. The molecule has 0 amide bonds. The number of esters is 1. The average molecular weight is 184 g/mol. The Morgan fingerprint density at radius 3 is 2.46 bits per heavy atom. The van der Waals surface area contributed by atoms with Crippen LogP contribution in [-0.2, 0) is 14.3 Å².